The zero-order valence-corrected chi connectivity index (χ0v) is 10.1. The highest BCUT2D eigenvalue weighted by Crippen LogP contribution is 2.20. The summed E-state index contributed by atoms with van der Waals surface area (Å²) >= 11 is 5.71. The number of carboxylic acids is 1. The fourth-order valence-electron chi connectivity index (χ4n) is 1.68. The Labute approximate surface area is 107 Å². The molecule has 0 aliphatic carbocycles. The number of carboxylic acid groups (broad SMARTS) is 1. The highest BCUT2D eigenvalue weighted by atomic mass is 35.5. The molecule has 2 rings (SSSR count). The molecule has 0 aliphatic rings. The van der Waals surface area contributed by atoms with E-state index in [1.807, 2.05) is 0 Å². The average molecular weight is 270 g/mol. The van der Waals surface area contributed by atoms with E-state index in [9.17, 15) is 9.18 Å². The van der Waals surface area contributed by atoms with Crippen LogP contribution in [0.1, 0.15) is 22.0 Å². The number of aryl methyl sites for hydroxylation is 1. The van der Waals surface area contributed by atoms with Gasteiger partial charge in [0.05, 0.1) is 17.1 Å². The molecule has 94 valence electrons. The predicted octanol–water partition coefficient (Wildman–Crippen LogP) is 2.15. The number of hydrogen-bond acceptors (Lipinski definition) is 3. The molecule has 18 heavy (non-hydrogen) atoms. The van der Waals surface area contributed by atoms with Crippen molar-refractivity contribution in [1.29, 1.82) is 0 Å². The summed E-state index contributed by atoms with van der Waals surface area (Å²) in [4.78, 5) is 11.1. The standard InChI is InChI=1S/C11H9ClFN3O2/c1-6-14-15-10(5-12)16(6)9-3-2-7(13)4-8(9)11(17)18/h2-4H,5H2,1H3,(H,17,18). The topological polar surface area (TPSA) is 68.0 Å². The van der Waals surface area contributed by atoms with Gasteiger partial charge in [0.25, 0.3) is 0 Å². The van der Waals surface area contributed by atoms with Crippen LogP contribution in [0.15, 0.2) is 18.2 Å². The van der Waals surface area contributed by atoms with Gasteiger partial charge >= 0.3 is 5.97 Å². The highest BCUT2D eigenvalue weighted by Gasteiger charge is 2.17. The van der Waals surface area contributed by atoms with Crippen molar-refractivity contribution in [2.45, 2.75) is 12.8 Å². The van der Waals surface area contributed by atoms with E-state index in [1.54, 1.807) is 6.92 Å². The maximum atomic E-state index is 13.1. The van der Waals surface area contributed by atoms with Crippen LogP contribution >= 0.6 is 11.6 Å². The molecule has 0 atom stereocenters. The maximum absolute atomic E-state index is 13.1. The lowest BCUT2D eigenvalue weighted by Crippen LogP contribution is -2.09. The van der Waals surface area contributed by atoms with Crippen molar-refractivity contribution in [3.63, 3.8) is 0 Å². The van der Waals surface area contributed by atoms with Gasteiger partial charge in [-0.2, -0.15) is 0 Å². The number of aromatic carboxylic acids is 1. The molecule has 0 radical (unpaired) electrons. The minimum Gasteiger partial charge on any atom is -0.478 e. The zero-order chi connectivity index (χ0) is 13.3. The van der Waals surface area contributed by atoms with Crippen LogP contribution in [0, 0.1) is 12.7 Å². The van der Waals surface area contributed by atoms with Gasteiger partial charge in [0.2, 0.25) is 0 Å². The molecule has 0 amide bonds. The summed E-state index contributed by atoms with van der Waals surface area (Å²) in [5, 5.41) is 16.7. The Morgan fingerprint density at radius 2 is 2.22 bits per heavy atom. The summed E-state index contributed by atoms with van der Waals surface area (Å²) in [6.07, 6.45) is 0. The molecule has 0 saturated heterocycles. The molecule has 5 nitrogen and oxygen atoms in total. The largest absolute Gasteiger partial charge is 0.478 e. The smallest absolute Gasteiger partial charge is 0.337 e. The third-order valence-corrected chi connectivity index (χ3v) is 2.68. The molecular weight excluding hydrogens is 261 g/mol. The van der Waals surface area contributed by atoms with Crippen LogP contribution in [0.3, 0.4) is 0 Å². The van der Waals surface area contributed by atoms with Gasteiger partial charge in [0.1, 0.15) is 11.6 Å². The van der Waals surface area contributed by atoms with Gasteiger partial charge in [-0.15, -0.1) is 21.8 Å². The molecule has 0 fully saturated rings. The summed E-state index contributed by atoms with van der Waals surface area (Å²) in [5.74, 6) is -0.868. The molecule has 1 aromatic carbocycles. The lowest BCUT2D eigenvalue weighted by atomic mass is 10.1. The number of halogens is 2. The molecule has 1 heterocycles. The van der Waals surface area contributed by atoms with E-state index in [2.05, 4.69) is 10.2 Å². The van der Waals surface area contributed by atoms with Crippen LogP contribution in [0.25, 0.3) is 5.69 Å². The van der Waals surface area contributed by atoms with Crippen molar-refractivity contribution in [1.82, 2.24) is 14.8 Å². The average Bonchev–Trinajstić information content (AvgIpc) is 2.70. The summed E-state index contributed by atoms with van der Waals surface area (Å²) in [5.41, 5.74) is 0.131. The van der Waals surface area contributed by atoms with Crippen LogP contribution < -0.4 is 0 Å². The Morgan fingerprint density at radius 3 is 2.83 bits per heavy atom. The van der Waals surface area contributed by atoms with Crippen LogP contribution in [0.5, 0.6) is 0 Å². The summed E-state index contributed by atoms with van der Waals surface area (Å²) < 4.78 is 14.6. The van der Waals surface area contributed by atoms with Crippen LogP contribution in [-0.4, -0.2) is 25.8 Å². The highest BCUT2D eigenvalue weighted by molar-refractivity contribution is 6.16. The van der Waals surface area contributed by atoms with Crippen LogP contribution in [-0.2, 0) is 5.88 Å². The van der Waals surface area contributed by atoms with Gasteiger partial charge in [-0.1, -0.05) is 0 Å². The number of rotatable bonds is 3. The molecule has 0 spiro atoms. The van der Waals surface area contributed by atoms with Crippen molar-refractivity contribution < 1.29 is 14.3 Å². The number of carbonyl (C=O) groups is 1. The molecule has 0 unspecified atom stereocenters. The third-order valence-electron chi connectivity index (χ3n) is 2.44. The monoisotopic (exact) mass is 269 g/mol. The second-order valence-corrected chi connectivity index (χ2v) is 3.87. The van der Waals surface area contributed by atoms with E-state index in [1.165, 1.54) is 16.7 Å². The second-order valence-electron chi connectivity index (χ2n) is 3.60. The first-order valence-electron chi connectivity index (χ1n) is 5.04. The number of alkyl halides is 1. The normalized spacial score (nSPS) is 10.6. The summed E-state index contributed by atoms with van der Waals surface area (Å²) in [6.45, 7) is 1.66. The zero-order valence-electron chi connectivity index (χ0n) is 9.39. The minimum atomic E-state index is -1.22. The van der Waals surface area contributed by atoms with Gasteiger partial charge < -0.3 is 5.11 Å². The summed E-state index contributed by atoms with van der Waals surface area (Å²) in [6, 6.07) is 3.50. The fraction of sp³-hybridized carbons (Fsp3) is 0.182. The van der Waals surface area contributed by atoms with Gasteiger partial charge in [-0.3, -0.25) is 4.57 Å². The van der Waals surface area contributed by atoms with E-state index in [0.29, 0.717) is 17.3 Å². The van der Waals surface area contributed by atoms with E-state index >= 15 is 0 Å². The molecule has 0 aliphatic heterocycles. The Bertz CT molecular complexity index is 612. The van der Waals surface area contributed by atoms with Gasteiger partial charge in [0, 0.05) is 0 Å². The lowest BCUT2D eigenvalue weighted by Gasteiger charge is -2.10. The van der Waals surface area contributed by atoms with Crippen LogP contribution in [0.2, 0.25) is 0 Å². The molecule has 1 aromatic heterocycles. The van der Waals surface area contributed by atoms with Crippen molar-refractivity contribution in [2.75, 3.05) is 0 Å². The van der Waals surface area contributed by atoms with E-state index in [4.69, 9.17) is 16.7 Å². The Morgan fingerprint density at radius 1 is 1.50 bits per heavy atom. The number of hydrogen-bond donors (Lipinski definition) is 1. The Kier molecular flexibility index (Phi) is 3.29. The molecular formula is C11H9ClFN3O2. The van der Waals surface area contributed by atoms with E-state index < -0.39 is 11.8 Å². The SMILES string of the molecule is Cc1nnc(CCl)n1-c1ccc(F)cc1C(=O)O. The van der Waals surface area contributed by atoms with Crippen molar-refractivity contribution in [2.24, 2.45) is 0 Å². The quantitative estimate of drug-likeness (QED) is 0.867. The van der Waals surface area contributed by atoms with Crippen molar-refractivity contribution in [3.8, 4) is 5.69 Å². The number of benzene rings is 1. The molecule has 1 N–H and O–H groups in total. The maximum Gasteiger partial charge on any atom is 0.337 e. The van der Waals surface area contributed by atoms with Gasteiger partial charge in [0.15, 0.2) is 5.82 Å². The van der Waals surface area contributed by atoms with E-state index in [-0.39, 0.29) is 11.4 Å². The Balaban J connectivity index is 2.70. The van der Waals surface area contributed by atoms with Crippen LogP contribution in [0.4, 0.5) is 4.39 Å². The second kappa shape index (κ2) is 4.73. The first-order valence-corrected chi connectivity index (χ1v) is 5.58. The van der Waals surface area contributed by atoms with Crippen molar-refractivity contribution >= 4 is 17.6 Å². The van der Waals surface area contributed by atoms with Gasteiger partial charge in [-0.25, -0.2) is 9.18 Å². The first-order chi connectivity index (χ1) is 8.54. The molecule has 7 heteroatoms. The first kappa shape index (κ1) is 12.5. The predicted molar refractivity (Wildman–Crippen MR) is 62.6 cm³/mol. The molecule has 0 saturated carbocycles. The number of aromatic nitrogens is 3. The minimum absolute atomic E-state index is 0.0806. The number of nitrogens with zero attached hydrogens (tertiary/aromatic N) is 3. The molecule has 2 aromatic rings. The van der Waals surface area contributed by atoms with E-state index in [0.717, 1.165) is 6.07 Å². The van der Waals surface area contributed by atoms with Crippen molar-refractivity contribution in [3.05, 3.63) is 41.2 Å². The third kappa shape index (κ3) is 2.06. The lowest BCUT2D eigenvalue weighted by molar-refractivity contribution is 0.0696. The summed E-state index contributed by atoms with van der Waals surface area (Å²) in [7, 11) is 0. The fourth-order valence-corrected chi connectivity index (χ4v) is 1.85. The van der Waals surface area contributed by atoms with Gasteiger partial charge in [-0.05, 0) is 25.1 Å². The molecule has 0 bridgehead atoms. The Hall–Kier alpha value is -1.95.